The summed E-state index contributed by atoms with van der Waals surface area (Å²) in [6.45, 7) is 2.35. The number of piperidine rings is 1. The molecule has 1 N–H and O–H groups in total. The second-order valence-corrected chi connectivity index (χ2v) is 12.2. The van der Waals surface area contributed by atoms with Gasteiger partial charge < -0.3 is 14.8 Å². The number of aldehydes is 1. The van der Waals surface area contributed by atoms with Crippen molar-refractivity contribution >= 4 is 62.1 Å². The van der Waals surface area contributed by atoms with E-state index < -0.39 is 0 Å². The number of pyridine rings is 2. The van der Waals surface area contributed by atoms with Gasteiger partial charge in [-0.05, 0) is 73.6 Å². The number of halogens is 1. The maximum absolute atomic E-state index is 13.5. The molecule has 0 bridgehead atoms. The van der Waals surface area contributed by atoms with Crippen LogP contribution < -0.4 is 10.1 Å². The molecule has 1 saturated heterocycles. The van der Waals surface area contributed by atoms with Gasteiger partial charge in [0.1, 0.15) is 23.7 Å². The molecule has 0 unspecified atom stereocenters. The molecular formula is C28H25FN6O2S3. The van der Waals surface area contributed by atoms with Crippen molar-refractivity contribution in [2.75, 3.05) is 25.0 Å². The highest BCUT2D eigenvalue weighted by molar-refractivity contribution is 7.99. The zero-order chi connectivity index (χ0) is 27.3. The standard InChI is InChI=1S/C28H25FN6O2S3/c29-19-1-3-20(4-2-19)37-23-16-21(39-24-5-9-30-22-8-14-38-26(22)24)17-31-27(23)33-28-32-25(34-40-28)15-18-6-10-35(11-7-18)12-13-36/h1-5,8-9,13-14,16-18H,6-7,10-12,15H2,(H,31,32,33,34). The maximum atomic E-state index is 13.5. The SMILES string of the molecule is O=CCN1CCC(Cc2nsc(Nc3ncc(Sc4ccnc5ccsc45)cc3Oc3ccc(F)cc3)n2)CC1. The molecule has 8 nitrogen and oxygen atoms in total. The minimum atomic E-state index is -0.332. The van der Waals surface area contributed by atoms with Crippen LogP contribution in [0, 0.1) is 11.7 Å². The first-order valence-electron chi connectivity index (χ1n) is 12.8. The van der Waals surface area contributed by atoms with Gasteiger partial charge in [0.25, 0.3) is 0 Å². The zero-order valence-corrected chi connectivity index (χ0v) is 23.8. The Morgan fingerprint density at radius 2 is 2.00 bits per heavy atom. The molecule has 0 saturated carbocycles. The number of fused-ring (bicyclic) bond motifs is 1. The highest BCUT2D eigenvalue weighted by Crippen LogP contribution is 2.39. The maximum Gasteiger partial charge on any atom is 0.208 e. The van der Waals surface area contributed by atoms with Crippen LogP contribution in [0.15, 0.2) is 70.0 Å². The lowest BCUT2D eigenvalue weighted by Crippen LogP contribution is -2.35. The van der Waals surface area contributed by atoms with Gasteiger partial charge in [-0.15, -0.1) is 11.3 Å². The molecule has 4 aromatic heterocycles. The van der Waals surface area contributed by atoms with E-state index in [2.05, 4.69) is 24.6 Å². The number of aromatic nitrogens is 4. The topological polar surface area (TPSA) is 93.1 Å². The van der Waals surface area contributed by atoms with Crippen LogP contribution in [0.25, 0.3) is 10.2 Å². The van der Waals surface area contributed by atoms with Gasteiger partial charge in [0.15, 0.2) is 11.6 Å². The molecule has 0 amide bonds. The van der Waals surface area contributed by atoms with Crippen molar-refractivity contribution in [1.29, 1.82) is 0 Å². The number of carbonyl (C=O) groups is 1. The summed E-state index contributed by atoms with van der Waals surface area (Å²) in [6, 6.07) is 11.8. The molecule has 1 aliphatic heterocycles. The van der Waals surface area contributed by atoms with Crippen LogP contribution in [0.4, 0.5) is 15.3 Å². The zero-order valence-electron chi connectivity index (χ0n) is 21.3. The van der Waals surface area contributed by atoms with Crippen molar-refractivity contribution in [3.05, 3.63) is 71.9 Å². The summed E-state index contributed by atoms with van der Waals surface area (Å²) in [4.78, 5) is 28.7. The first-order chi connectivity index (χ1) is 19.6. The van der Waals surface area contributed by atoms with Crippen molar-refractivity contribution in [2.24, 2.45) is 5.92 Å². The molecule has 40 heavy (non-hydrogen) atoms. The van der Waals surface area contributed by atoms with E-state index in [0.717, 1.165) is 64.5 Å². The summed E-state index contributed by atoms with van der Waals surface area (Å²) in [5, 5.41) is 5.93. The third kappa shape index (κ3) is 6.47. The average molecular weight is 593 g/mol. The second-order valence-electron chi connectivity index (χ2n) is 9.38. The highest BCUT2D eigenvalue weighted by atomic mass is 32.2. The molecule has 0 spiro atoms. The van der Waals surface area contributed by atoms with E-state index in [1.54, 1.807) is 47.6 Å². The summed E-state index contributed by atoms with van der Waals surface area (Å²) in [5.74, 6) is 2.45. The molecule has 5 heterocycles. The largest absolute Gasteiger partial charge is 0.453 e. The average Bonchev–Trinajstić information content (AvgIpc) is 3.63. The second kappa shape index (κ2) is 12.4. The normalized spacial score (nSPS) is 14.4. The minimum Gasteiger partial charge on any atom is -0.453 e. The Labute approximate surface area is 242 Å². The summed E-state index contributed by atoms with van der Waals surface area (Å²) < 4.78 is 25.3. The predicted octanol–water partition coefficient (Wildman–Crippen LogP) is 6.82. The Morgan fingerprint density at radius 3 is 2.83 bits per heavy atom. The lowest BCUT2D eigenvalue weighted by molar-refractivity contribution is -0.109. The highest BCUT2D eigenvalue weighted by Gasteiger charge is 2.21. The Hall–Kier alpha value is -3.45. The number of carbonyl (C=O) groups excluding carboxylic acids is 1. The molecule has 1 aliphatic rings. The van der Waals surface area contributed by atoms with Crippen LogP contribution in [0.3, 0.4) is 0 Å². The number of hydrogen-bond acceptors (Lipinski definition) is 11. The van der Waals surface area contributed by atoms with E-state index in [4.69, 9.17) is 9.72 Å². The van der Waals surface area contributed by atoms with Crippen molar-refractivity contribution in [2.45, 2.75) is 29.1 Å². The monoisotopic (exact) mass is 592 g/mol. The van der Waals surface area contributed by atoms with E-state index in [-0.39, 0.29) is 5.82 Å². The third-order valence-electron chi connectivity index (χ3n) is 6.61. The van der Waals surface area contributed by atoms with Gasteiger partial charge in [-0.1, -0.05) is 11.8 Å². The Balaban J connectivity index is 1.20. The summed E-state index contributed by atoms with van der Waals surface area (Å²) >= 11 is 4.52. The van der Waals surface area contributed by atoms with Gasteiger partial charge in [-0.3, -0.25) is 9.88 Å². The van der Waals surface area contributed by atoms with Gasteiger partial charge in [-0.2, -0.15) is 4.37 Å². The van der Waals surface area contributed by atoms with Crippen LogP contribution in [0.2, 0.25) is 0 Å². The molecule has 0 atom stereocenters. The lowest BCUT2D eigenvalue weighted by Gasteiger charge is -2.29. The number of hydrogen-bond donors (Lipinski definition) is 1. The smallest absolute Gasteiger partial charge is 0.208 e. The quantitative estimate of drug-likeness (QED) is 0.175. The number of rotatable bonds is 10. The summed E-state index contributed by atoms with van der Waals surface area (Å²) in [7, 11) is 0. The van der Waals surface area contributed by atoms with E-state index in [0.29, 0.717) is 34.9 Å². The van der Waals surface area contributed by atoms with E-state index in [1.165, 1.54) is 23.7 Å². The number of nitrogens with one attached hydrogen (secondary N) is 1. The van der Waals surface area contributed by atoms with Crippen LogP contribution in [0.5, 0.6) is 11.5 Å². The molecule has 204 valence electrons. The molecule has 1 fully saturated rings. The predicted molar refractivity (Wildman–Crippen MR) is 157 cm³/mol. The van der Waals surface area contributed by atoms with E-state index in [9.17, 15) is 9.18 Å². The number of likely N-dealkylation sites (tertiary alicyclic amines) is 1. The number of ether oxygens (including phenoxy) is 1. The van der Waals surface area contributed by atoms with E-state index >= 15 is 0 Å². The number of thiophene rings is 1. The first-order valence-corrected chi connectivity index (χ1v) is 15.3. The molecule has 6 rings (SSSR count). The fraction of sp³-hybridized carbons (Fsp3) is 0.250. The van der Waals surface area contributed by atoms with Crippen molar-refractivity contribution in [3.63, 3.8) is 0 Å². The van der Waals surface area contributed by atoms with Crippen LogP contribution in [0.1, 0.15) is 18.7 Å². The van der Waals surface area contributed by atoms with Crippen LogP contribution in [-0.4, -0.2) is 50.1 Å². The fourth-order valence-electron chi connectivity index (χ4n) is 4.57. The van der Waals surface area contributed by atoms with Gasteiger partial charge in [0, 0.05) is 46.2 Å². The third-order valence-corrected chi connectivity index (χ3v) is 9.36. The van der Waals surface area contributed by atoms with E-state index in [1.807, 2.05) is 23.6 Å². The van der Waals surface area contributed by atoms with Crippen molar-refractivity contribution in [1.82, 2.24) is 24.2 Å². The number of benzene rings is 1. The lowest BCUT2D eigenvalue weighted by atomic mass is 9.93. The fourth-order valence-corrected chi connectivity index (χ4v) is 7.04. The molecule has 1 aromatic carbocycles. The van der Waals surface area contributed by atoms with Gasteiger partial charge >= 0.3 is 0 Å². The van der Waals surface area contributed by atoms with Crippen molar-refractivity contribution < 1.29 is 13.9 Å². The summed E-state index contributed by atoms with van der Waals surface area (Å²) in [5.41, 5.74) is 0.961. The van der Waals surface area contributed by atoms with Gasteiger partial charge in [-0.25, -0.2) is 14.4 Å². The Kier molecular flexibility index (Phi) is 8.28. The molecule has 5 aromatic rings. The molecule has 0 aliphatic carbocycles. The van der Waals surface area contributed by atoms with Crippen LogP contribution in [-0.2, 0) is 11.2 Å². The number of nitrogens with zero attached hydrogens (tertiary/aromatic N) is 5. The van der Waals surface area contributed by atoms with Gasteiger partial charge in [0.2, 0.25) is 5.13 Å². The minimum absolute atomic E-state index is 0.332. The first kappa shape index (κ1) is 26.8. The summed E-state index contributed by atoms with van der Waals surface area (Å²) in [6.07, 6.45) is 7.42. The Morgan fingerprint density at radius 1 is 1.15 bits per heavy atom. The van der Waals surface area contributed by atoms with Crippen LogP contribution >= 0.6 is 34.6 Å². The number of anilines is 2. The molecule has 0 radical (unpaired) electrons. The molecular weight excluding hydrogens is 568 g/mol. The van der Waals surface area contributed by atoms with Crippen molar-refractivity contribution in [3.8, 4) is 11.5 Å². The Bertz CT molecular complexity index is 1600. The molecule has 12 heteroatoms. The van der Waals surface area contributed by atoms with Gasteiger partial charge in [0.05, 0.1) is 16.8 Å².